The molecule has 1 saturated heterocycles. The molecule has 0 spiro atoms. The zero-order valence-corrected chi connectivity index (χ0v) is 9.89. The van der Waals surface area contributed by atoms with Crippen LogP contribution in [0.3, 0.4) is 0 Å². The van der Waals surface area contributed by atoms with Gasteiger partial charge in [0.05, 0.1) is 0 Å². The van der Waals surface area contributed by atoms with Crippen molar-refractivity contribution in [3.8, 4) is 0 Å². The second-order valence-corrected chi connectivity index (χ2v) is 4.56. The molecule has 1 rings (SSSR count). The number of carbonyl (C=O) groups is 1. The van der Waals surface area contributed by atoms with Crippen LogP contribution in [-0.4, -0.2) is 29.8 Å². The Morgan fingerprint density at radius 3 is 2.93 bits per heavy atom. The number of hydrogen-bond acceptors (Lipinski definition) is 1. The van der Waals surface area contributed by atoms with Gasteiger partial charge in [0.25, 0.3) is 0 Å². The highest BCUT2D eigenvalue weighted by Crippen LogP contribution is 2.20. The van der Waals surface area contributed by atoms with E-state index in [0.717, 1.165) is 19.5 Å². The fourth-order valence-electron chi connectivity index (χ4n) is 1.98. The summed E-state index contributed by atoms with van der Waals surface area (Å²) in [4.78, 5) is 13.8. The van der Waals surface area contributed by atoms with E-state index in [0.29, 0.717) is 11.8 Å². The van der Waals surface area contributed by atoms with Crippen LogP contribution in [0.25, 0.3) is 0 Å². The molecule has 2 nitrogen and oxygen atoms in total. The summed E-state index contributed by atoms with van der Waals surface area (Å²) in [5.74, 6) is 1.35. The molecule has 1 heterocycles. The van der Waals surface area contributed by atoms with Gasteiger partial charge in [-0.25, -0.2) is 0 Å². The van der Waals surface area contributed by atoms with Gasteiger partial charge in [-0.2, -0.15) is 0 Å². The second-order valence-electron chi connectivity index (χ2n) is 4.26. The van der Waals surface area contributed by atoms with E-state index in [-0.39, 0.29) is 11.8 Å². The van der Waals surface area contributed by atoms with Crippen molar-refractivity contribution in [1.29, 1.82) is 0 Å². The van der Waals surface area contributed by atoms with Gasteiger partial charge in [-0.15, -0.1) is 11.6 Å². The van der Waals surface area contributed by atoms with Gasteiger partial charge < -0.3 is 4.90 Å². The van der Waals surface area contributed by atoms with E-state index in [1.54, 1.807) is 0 Å². The number of halogens is 1. The lowest BCUT2D eigenvalue weighted by atomic mass is 9.95. The van der Waals surface area contributed by atoms with Gasteiger partial charge in [-0.05, 0) is 18.8 Å². The first-order valence-corrected chi connectivity index (χ1v) is 6.07. The first kappa shape index (κ1) is 11.8. The average Bonchev–Trinajstić information content (AvgIpc) is 2.27. The second kappa shape index (κ2) is 5.59. The maximum absolute atomic E-state index is 11.8. The van der Waals surface area contributed by atoms with Crippen molar-refractivity contribution in [1.82, 2.24) is 4.90 Å². The van der Waals surface area contributed by atoms with Crippen LogP contribution in [0.4, 0.5) is 0 Å². The van der Waals surface area contributed by atoms with Crippen LogP contribution < -0.4 is 0 Å². The number of rotatable bonds is 3. The molecule has 14 heavy (non-hydrogen) atoms. The molecule has 0 bridgehead atoms. The summed E-state index contributed by atoms with van der Waals surface area (Å²) in [6.07, 6.45) is 3.60. The molecule has 0 saturated carbocycles. The predicted octanol–water partition coefficient (Wildman–Crippen LogP) is 2.51. The van der Waals surface area contributed by atoms with Crippen LogP contribution in [0.15, 0.2) is 0 Å². The van der Waals surface area contributed by atoms with Crippen LogP contribution in [0.1, 0.15) is 33.1 Å². The maximum Gasteiger partial charge on any atom is 0.226 e. The minimum Gasteiger partial charge on any atom is -0.342 e. The SMILES string of the molecule is CCC1CCCN(C(=O)C(C)CCl)C1. The minimum atomic E-state index is -0.0210. The van der Waals surface area contributed by atoms with E-state index in [1.165, 1.54) is 12.8 Å². The standard InChI is InChI=1S/C11H20ClNO/c1-3-10-5-4-6-13(8-10)11(14)9(2)7-12/h9-10H,3-8H2,1-2H3. The predicted molar refractivity (Wildman–Crippen MR) is 59.5 cm³/mol. The molecule has 0 aromatic carbocycles. The molecule has 0 N–H and O–H groups in total. The Hall–Kier alpha value is -0.240. The molecule has 0 aromatic rings. The summed E-state index contributed by atoms with van der Waals surface area (Å²) in [5.41, 5.74) is 0. The number of likely N-dealkylation sites (tertiary alicyclic amines) is 1. The highest BCUT2D eigenvalue weighted by atomic mass is 35.5. The van der Waals surface area contributed by atoms with Crippen molar-refractivity contribution >= 4 is 17.5 Å². The summed E-state index contributed by atoms with van der Waals surface area (Å²) in [6, 6.07) is 0. The number of nitrogens with zero attached hydrogens (tertiary/aromatic N) is 1. The van der Waals surface area contributed by atoms with E-state index in [2.05, 4.69) is 6.92 Å². The van der Waals surface area contributed by atoms with Crippen molar-refractivity contribution in [2.75, 3.05) is 19.0 Å². The molecular weight excluding hydrogens is 198 g/mol. The maximum atomic E-state index is 11.8. The lowest BCUT2D eigenvalue weighted by Crippen LogP contribution is -2.42. The molecule has 2 atom stereocenters. The first-order valence-electron chi connectivity index (χ1n) is 5.53. The highest BCUT2D eigenvalue weighted by Gasteiger charge is 2.25. The third kappa shape index (κ3) is 2.88. The Balaban J connectivity index is 2.47. The largest absolute Gasteiger partial charge is 0.342 e. The number of hydrogen-bond donors (Lipinski definition) is 0. The molecule has 0 radical (unpaired) electrons. The van der Waals surface area contributed by atoms with Gasteiger partial charge in [0.1, 0.15) is 0 Å². The Kier molecular flexibility index (Phi) is 4.73. The van der Waals surface area contributed by atoms with Crippen molar-refractivity contribution < 1.29 is 4.79 Å². The van der Waals surface area contributed by atoms with Crippen LogP contribution >= 0.6 is 11.6 Å². The molecule has 1 amide bonds. The molecule has 2 unspecified atom stereocenters. The summed E-state index contributed by atoms with van der Waals surface area (Å²) in [5, 5.41) is 0. The Bertz CT molecular complexity index is 196. The van der Waals surface area contributed by atoms with Gasteiger partial charge in [0, 0.05) is 24.9 Å². The quantitative estimate of drug-likeness (QED) is 0.666. The van der Waals surface area contributed by atoms with E-state index < -0.39 is 0 Å². The van der Waals surface area contributed by atoms with E-state index >= 15 is 0 Å². The van der Waals surface area contributed by atoms with Crippen molar-refractivity contribution in [3.63, 3.8) is 0 Å². The Labute approximate surface area is 91.6 Å². The van der Waals surface area contributed by atoms with Crippen molar-refractivity contribution in [3.05, 3.63) is 0 Å². The van der Waals surface area contributed by atoms with Crippen LogP contribution in [0, 0.1) is 11.8 Å². The van der Waals surface area contributed by atoms with Crippen molar-refractivity contribution in [2.45, 2.75) is 33.1 Å². The molecule has 0 aliphatic carbocycles. The normalized spacial score (nSPS) is 24.8. The van der Waals surface area contributed by atoms with Gasteiger partial charge >= 0.3 is 0 Å². The highest BCUT2D eigenvalue weighted by molar-refractivity contribution is 6.19. The molecule has 1 aliphatic heterocycles. The third-order valence-electron chi connectivity index (χ3n) is 3.06. The molecule has 82 valence electrons. The van der Waals surface area contributed by atoms with E-state index in [1.807, 2.05) is 11.8 Å². The third-order valence-corrected chi connectivity index (χ3v) is 3.52. The van der Waals surface area contributed by atoms with E-state index in [4.69, 9.17) is 11.6 Å². The topological polar surface area (TPSA) is 20.3 Å². The lowest BCUT2D eigenvalue weighted by molar-refractivity contribution is -0.136. The van der Waals surface area contributed by atoms with Crippen LogP contribution in [0.5, 0.6) is 0 Å². The zero-order valence-electron chi connectivity index (χ0n) is 9.13. The minimum absolute atomic E-state index is 0.0210. The van der Waals surface area contributed by atoms with Gasteiger partial charge in [0.15, 0.2) is 0 Å². The number of amides is 1. The summed E-state index contributed by atoms with van der Waals surface area (Å²) in [6.45, 7) is 5.97. The number of piperidine rings is 1. The fraction of sp³-hybridized carbons (Fsp3) is 0.909. The van der Waals surface area contributed by atoms with Gasteiger partial charge in [-0.1, -0.05) is 20.3 Å². The molecule has 0 aromatic heterocycles. The smallest absolute Gasteiger partial charge is 0.226 e. The first-order chi connectivity index (χ1) is 6.69. The lowest BCUT2D eigenvalue weighted by Gasteiger charge is -2.33. The number of alkyl halides is 1. The molecule has 1 fully saturated rings. The molecular formula is C11H20ClNO. The summed E-state index contributed by atoms with van der Waals surface area (Å²) >= 11 is 5.69. The zero-order chi connectivity index (χ0) is 10.6. The van der Waals surface area contributed by atoms with E-state index in [9.17, 15) is 4.79 Å². The molecule has 3 heteroatoms. The Morgan fingerprint density at radius 1 is 1.64 bits per heavy atom. The van der Waals surface area contributed by atoms with Crippen molar-refractivity contribution in [2.24, 2.45) is 11.8 Å². The van der Waals surface area contributed by atoms with Crippen LogP contribution in [0.2, 0.25) is 0 Å². The monoisotopic (exact) mass is 217 g/mol. The van der Waals surface area contributed by atoms with Gasteiger partial charge in [0.2, 0.25) is 5.91 Å². The molecule has 1 aliphatic rings. The number of carbonyl (C=O) groups excluding carboxylic acids is 1. The van der Waals surface area contributed by atoms with Crippen LogP contribution in [-0.2, 0) is 4.79 Å². The fourth-order valence-corrected chi connectivity index (χ4v) is 2.11. The summed E-state index contributed by atoms with van der Waals surface area (Å²) in [7, 11) is 0. The Morgan fingerprint density at radius 2 is 2.36 bits per heavy atom. The summed E-state index contributed by atoms with van der Waals surface area (Å²) < 4.78 is 0. The van der Waals surface area contributed by atoms with Gasteiger partial charge in [-0.3, -0.25) is 4.79 Å². The average molecular weight is 218 g/mol.